The number of allylic oxidation sites excluding steroid dienone is 17. The van der Waals surface area contributed by atoms with Gasteiger partial charge in [0.2, 0.25) is 5.91 Å². The Morgan fingerprint density at radius 1 is 0.410 bits per heavy atom. The number of unbranched alkanes of at least 4 members (excludes halogenated alkanes) is 22. The standard InChI is InChI=1S/C57H97NO3/c1-3-5-7-9-11-13-15-17-19-21-23-25-27-28-29-31-32-34-36-38-40-42-44-46-48-50-52-56(60)55(54-59)58-57(61)53-51-49-47-45-43-41-39-37-35-33-30-26-24-22-20-18-16-14-12-10-8-6-4-2/h6,8,12,14,18,20,24,26,33,35,39,41-42,44-45,47,50,52,55-56,59-60H,3-5,7,9-11,13,15-17,19,21-23,25,27-32,34,36-38,40,43,46,48-49,51,53-54H2,1-2H3,(H,58,61)/b8-6-,14-12-,20-18-,26-24-,35-33-,41-39-,44-42+,47-45-,52-50+. The highest BCUT2D eigenvalue weighted by atomic mass is 16.3. The molecule has 1 amide bonds. The SMILES string of the molecule is CC/C=C\C/C=C\C/C=C\C/C=C\C/C=C\C/C=C\C/C=C\CCCC(=O)NC(CO)C(O)/C=C/CC/C=C/CCCCCCCCCCCCCCCCCCCCCC. The maximum Gasteiger partial charge on any atom is 0.220 e. The monoisotopic (exact) mass is 844 g/mol. The Balaban J connectivity index is 3.70. The quantitative estimate of drug-likeness (QED) is 0.0422. The minimum atomic E-state index is -0.895. The summed E-state index contributed by atoms with van der Waals surface area (Å²) in [5, 5.41) is 23.0. The van der Waals surface area contributed by atoms with E-state index in [0.717, 1.165) is 77.0 Å². The number of amides is 1. The van der Waals surface area contributed by atoms with E-state index in [0.29, 0.717) is 6.42 Å². The summed E-state index contributed by atoms with van der Waals surface area (Å²) in [7, 11) is 0. The first kappa shape index (κ1) is 58.0. The molecule has 0 bridgehead atoms. The summed E-state index contributed by atoms with van der Waals surface area (Å²) in [5.74, 6) is -0.134. The van der Waals surface area contributed by atoms with Crippen LogP contribution >= 0.6 is 0 Å². The van der Waals surface area contributed by atoms with Crippen LogP contribution in [-0.2, 0) is 4.79 Å². The van der Waals surface area contributed by atoms with Crippen LogP contribution in [0.25, 0.3) is 0 Å². The van der Waals surface area contributed by atoms with Gasteiger partial charge in [-0.3, -0.25) is 4.79 Å². The fourth-order valence-electron chi connectivity index (χ4n) is 7.12. The highest BCUT2D eigenvalue weighted by Gasteiger charge is 2.17. The van der Waals surface area contributed by atoms with Crippen molar-refractivity contribution in [1.29, 1.82) is 0 Å². The number of carbonyl (C=O) groups excluding carboxylic acids is 1. The van der Waals surface area contributed by atoms with Crippen LogP contribution in [-0.4, -0.2) is 34.9 Å². The molecule has 0 aromatic heterocycles. The largest absolute Gasteiger partial charge is 0.394 e. The number of hydrogen-bond donors (Lipinski definition) is 3. The van der Waals surface area contributed by atoms with E-state index in [-0.39, 0.29) is 12.5 Å². The normalized spacial score (nSPS) is 13.8. The van der Waals surface area contributed by atoms with E-state index in [1.54, 1.807) is 6.08 Å². The predicted octanol–water partition coefficient (Wildman–Crippen LogP) is 16.7. The van der Waals surface area contributed by atoms with Crippen LogP contribution in [0.5, 0.6) is 0 Å². The number of rotatable bonds is 45. The Labute approximate surface area is 378 Å². The maximum atomic E-state index is 12.4. The van der Waals surface area contributed by atoms with Gasteiger partial charge < -0.3 is 15.5 Å². The van der Waals surface area contributed by atoms with Gasteiger partial charge in [-0.15, -0.1) is 0 Å². The Bertz CT molecular complexity index is 1180. The molecule has 0 aromatic carbocycles. The molecule has 3 N–H and O–H groups in total. The van der Waals surface area contributed by atoms with Crippen LogP contribution in [0, 0.1) is 0 Å². The van der Waals surface area contributed by atoms with Gasteiger partial charge in [0.1, 0.15) is 0 Å². The number of aliphatic hydroxyl groups excluding tert-OH is 2. The van der Waals surface area contributed by atoms with E-state index in [4.69, 9.17) is 0 Å². The van der Waals surface area contributed by atoms with Crippen molar-refractivity contribution in [3.05, 3.63) is 109 Å². The van der Waals surface area contributed by atoms with Crippen LogP contribution in [0.15, 0.2) is 109 Å². The van der Waals surface area contributed by atoms with Gasteiger partial charge in [-0.1, -0.05) is 245 Å². The molecule has 4 nitrogen and oxygen atoms in total. The van der Waals surface area contributed by atoms with Gasteiger partial charge in [-0.2, -0.15) is 0 Å². The lowest BCUT2D eigenvalue weighted by atomic mass is 10.0. The lowest BCUT2D eigenvalue weighted by Crippen LogP contribution is -2.45. The molecule has 2 atom stereocenters. The molecule has 0 aliphatic rings. The van der Waals surface area contributed by atoms with Gasteiger partial charge in [-0.25, -0.2) is 0 Å². The first-order valence-corrected chi connectivity index (χ1v) is 25.6. The second kappa shape index (κ2) is 51.4. The summed E-state index contributed by atoms with van der Waals surface area (Å²) < 4.78 is 0. The van der Waals surface area contributed by atoms with E-state index < -0.39 is 12.1 Å². The van der Waals surface area contributed by atoms with Gasteiger partial charge in [-0.05, 0) is 83.5 Å². The summed E-state index contributed by atoms with van der Waals surface area (Å²) in [5.41, 5.74) is 0. The van der Waals surface area contributed by atoms with E-state index in [2.05, 4.69) is 116 Å². The number of hydrogen-bond acceptors (Lipinski definition) is 3. The fraction of sp³-hybridized carbons (Fsp3) is 0.667. The van der Waals surface area contributed by atoms with Crippen molar-refractivity contribution in [2.75, 3.05) is 6.61 Å². The van der Waals surface area contributed by atoms with Crippen LogP contribution in [0.2, 0.25) is 0 Å². The summed E-state index contributed by atoms with van der Waals surface area (Å²) in [6.07, 6.45) is 78.0. The maximum absolute atomic E-state index is 12.4. The van der Waals surface area contributed by atoms with Crippen LogP contribution in [0.4, 0.5) is 0 Å². The summed E-state index contributed by atoms with van der Waals surface area (Å²) in [6, 6.07) is -0.679. The van der Waals surface area contributed by atoms with Crippen LogP contribution in [0.1, 0.15) is 226 Å². The molecule has 0 saturated heterocycles. The van der Waals surface area contributed by atoms with Gasteiger partial charge in [0.25, 0.3) is 0 Å². The van der Waals surface area contributed by atoms with Crippen molar-refractivity contribution in [3.63, 3.8) is 0 Å². The molecule has 0 rings (SSSR count). The molecular formula is C57H97NO3. The molecule has 0 spiro atoms. The molecule has 0 aromatic rings. The number of nitrogens with one attached hydrogen (secondary N) is 1. The van der Waals surface area contributed by atoms with Crippen LogP contribution in [0.3, 0.4) is 0 Å². The molecule has 61 heavy (non-hydrogen) atoms. The van der Waals surface area contributed by atoms with Gasteiger partial charge in [0, 0.05) is 6.42 Å². The van der Waals surface area contributed by atoms with Crippen molar-refractivity contribution in [2.24, 2.45) is 0 Å². The van der Waals surface area contributed by atoms with Gasteiger partial charge >= 0.3 is 0 Å². The lowest BCUT2D eigenvalue weighted by molar-refractivity contribution is -0.122. The zero-order valence-electron chi connectivity index (χ0n) is 39.9. The summed E-state index contributed by atoms with van der Waals surface area (Å²) in [6.45, 7) is 4.16. The Morgan fingerprint density at radius 2 is 0.738 bits per heavy atom. The molecule has 2 unspecified atom stereocenters. The van der Waals surface area contributed by atoms with Crippen molar-refractivity contribution >= 4 is 5.91 Å². The highest BCUT2D eigenvalue weighted by molar-refractivity contribution is 5.76. The molecule has 0 saturated carbocycles. The lowest BCUT2D eigenvalue weighted by Gasteiger charge is -2.19. The zero-order valence-corrected chi connectivity index (χ0v) is 39.9. The van der Waals surface area contributed by atoms with Gasteiger partial charge in [0.15, 0.2) is 0 Å². The van der Waals surface area contributed by atoms with E-state index in [9.17, 15) is 15.0 Å². The Hall–Kier alpha value is -2.95. The van der Waals surface area contributed by atoms with Crippen molar-refractivity contribution < 1.29 is 15.0 Å². The molecule has 0 fully saturated rings. The smallest absolute Gasteiger partial charge is 0.220 e. The second-order valence-corrected chi connectivity index (χ2v) is 16.8. The number of aliphatic hydroxyl groups is 2. The van der Waals surface area contributed by atoms with Crippen molar-refractivity contribution in [2.45, 2.75) is 238 Å². The molecule has 0 aliphatic carbocycles. The van der Waals surface area contributed by atoms with Crippen LogP contribution < -0.4 is 5.32 Å². The summed E-state index contributed by atoms with van der Waals surface area (Å²) in [4.78, 5) is 12.4. The third-order valence-electron chi connectivity index (χ3n) is 11.0. The zero-order chi connectivity index (χ0) is 44.2. The van der Waals surface area contributed by atoms with Crippen molar-refractivity contribution in [1.82, 2.24) is 5.32 Å². The average molecular weight is 844 g/mol. The minimum Gasteiger partial charge on any atom is -0.394 e. The highest BCUT2D eigenvalue weighted by Crippen LogP contribution is 2.15. The third-order valence-corrected chi connectivity index (χ3v) is 11.0. The van der Waals surface area contributed by atoms with Crippen molar-refractivity contribution in [3.8, 4) is 0 Å². The summed E-state index contributed by atoms with van der Waals surface area (Å²) >= 11 is 0. The fourth-order valence-corrected chi connectivity index (χ4v) is 7.12. The molecule has 0 aliphatic heterocycles. The Morgan fingerprint density at radius 3 is 1.15 bits per heavy atom. The average Bonchev–Trinajstić information content (AvgIpc) is 3.26. The molecule has 4 heteroatoms. The van der Waals surface area contributed by atoms with E-state index in [1.165, 1.54) is 128 Å². The molecule has 0 radical (unpaired) electrons. The molecule has 348 valence electrons. The first-order valence-electron chi connectivity index (χ1n) is 25.6. The first-order chi connectivity index (χ1) is 30.2. The second-order valence-electron chi connectivity index (χ2n) is 16.8. The molecule has 0 heterocycles. The molecular weight excluding hydrogens is 747 g/mol. The topological polar surface area (TPSA) is 69.6 Å². The van der Waals surface area contributed by atoms with Gasteiger partial charge in [0.05, 0.1) is 18.8 Å². The van der Waals surface area contributed by atoms with E-state index >= 15 is 0 Å². The number of carbonyl (C=O) groups is 1. The Kier molecular flexibility index (Phi) is 48.9. The minimum absolute atomic E-state index is 0.134. The predicted molar refractivity (Wildman–Crippen MR) is 271 cm³/mol. The van der Waals surface area contributed by atoms with E-state index in [1.807, 2.05) is 6.08 Å². The third kappa shape index (κ3) is 47.9.